The van der Waals surface area contributed by atoms with Gasteiger partial charge in [0.2, 0.25) is 0 Å². The fraction of sp³-hybridized carbons (Fsp3) is 0.278. The molecule has 1 N–H and O–H groups in total. The summed E-state index contributed by atoms with van der Waals surface area (Å²) in [6.45, 7) is 7.93. The van der Waals surface area contributed by atoms with Crippen LogP contribution in [0.3, 0.4) is 0 Å². The van der Waals surface area contributed by atoms with Gasteiger partial charge in [-0.2, -0.15) is 0 Å². The van der Waals surface area contributed by atoms with Gasteiger partial charge in [0.25, 0.3) is 0 Å². The number of hydrogen-bond acceptors (Lipinski definition) is 1. The van der Waals surface area contributed by atoms with E-state index in [1.807, 2.05) is 24.5 Å². The molecule has 2 heteroatoms. The first-order chi connectivity index (χ1) is 9.80. The standard InChI is InChI=1S/C18H20N2/c1-3-9-18(10-4-2)13-14-7-5-6-8-15(14)16(18)17-19-11-12-20-17/h3-8,11-12,16H,1-2,9-10,13H2,(H,19,20). The van der Waals surface area contributed by atoms with Crippen molar-refractivity contribution in [2.45, 2.75) is 25.2 Å². The Bertz CT molecular complexity index is 600. The largest absolute Gasteiger partial charge is 0.348 e. The van der Waals surface area contributed by atoms with E-state index in [1.165, 1.54) is 11.1 Å². The van der Waals surface area contributed by atoms with Crippen molar-refractivity contribution >= 4 is 0 Å². The molecule has 1 aliphatic carbocycles. The van der Waals surface area contributed by atoms with Crippen LogP contribution in [0.2, 0.25) is 0 Å². The van der Waals surface area contributed by atoms with E-state index in [2.05, 4.69) is 47.4 Å². The molecular formula is C18H20N2. The molecule has 0 radical (unpaired) electrons. The van der Waals surface area contributed by atoms with Gasteiger partial charge in [0, 0.05) is 18.3 Å². The van der Waals surface area contributed by atoms with Crippen LogP contribution < -0.4 is 0 Å². The van der Waals surface area contributed by atoms with E-state index in [0.717, 1.165) is 25.1 Å². The van der Waals surface area contributed by atoms with Gasteiger partial charge in [-0.05, 0) is 35.8 Å². The van der Waals surface area contributed by atoms with Crippen molar-refractivity contribution in [2.75, 3.05) is 0 Å². The predicted octanol–water partition coefficient (Wildman–Crippen LogP) is 4.24. The highest BCUT2D eigenvalue weighted by molar-refractivity contribution is 5.43. The Balaban J connectivity index is 2.15. The van der Waals surface area contributed by atoms with Crippen molar-refractivity contribution in [2.24, 2.45) is 5.41 Å². The fourth-order valence-corrected chi connectivity index (χ4v) is 3.70. The molecular weight excluding hydrogens is 244 g/mol. The minimum Gasteiger partial charge on any atom is -0.348 e. The van der Waals surface area contributed by atoms with Gasteiger partial charge in [-0.3, -0.25) is 0 Å². The highest BCUT2D eigenvalue weighted by Gasteiger charge is 2.46. The van der Waals surface area contributed by atoms with Crippen LogP contribution in [0.4, 0.5) is 0 Å². The van der Waals surface area contributed by atoms with E-state index in [0.29, 0.717) is 5.92 Å². The van der Waals surface area contributed by atoms with Crippen LogP contribution in [-0.4, -0.2) is 9.97 Å². The molecule has 1 aromatic heterocycles. The minimum absolute atomic E-state index is 0.116. The lowest BCUT2D eigenvalue weighted by Gasteiger charge is -2.33. The average Bonchev–Trinajstić information content (AvgIpc) is 3.04. The van der Waals surface area contributed by atoms with Gasteiger partial charge >= 0.3 is 0 Å². The van der Waals surface area contributed by atoms with Crippen LogP contribution in [0, 0.1) is 5.41 Å². The molecule has 0 spiro atoms. The second kappa shape index (κ2) is 5.12. The number of aromatic nitrogens is 2. The Hall–Kier alpha value is -2.09. The third kappa shape index (κ3) is 1.92. The van der Waals surface area contributed by atoms with E-state index in [9.17, 15) is 0 Å². The first-order valence-corrected chi connectivity index (χ1v) is 7.09. The molecule has 0 aliphatic heterocycles. The van der Waals surface area contributed by atoms with Gasteiger partial charge in [0.1, 0.15) is 5.82 Å². The third-order valence-electron chi connectivity index (χ3n) is 4.42. The zero-order valence-corrected chi connectivity index (χ0v) is 11.7. The van der Waals surface area contributed by atoms with Crippen molar-refractivity contribution in [1.29, 1.82) is 0 Å². The van der Waals surface area contributed by atoms with Gasteiger partial charge in [-0.25, -0.2) is 4.98 Å². The Kier molecular flexibility index (Phi) is 3.31. The number of H-pyrrole nitrogens is 1. The van der Waals surface area contributed by atoms with E-state index >= 15 is 0 Å². The molecule has 1 heterocycles. The second-order valence-corrected chi connectivity index (χ2v) is 5.63. The first-order valence-electron chi connectivity index (χ1n) is 7.09. The van der Waals surface area contributed by atoms with Crippen LogP contribution in [0.25, 0.3) is 0 Å². The Morgan fingerprint density at radius 3 is 2.65 bits per heavy atom. The molecule has 1 unspecified atom stereocenters. The minimum atomic E-state index is 0.116. The Morgan fingerprint density at radius 1 is 1.25 bits per heavy atom. The monoisotopic (exact) mass is 264 g/mol. The molecule has 1 aromatic carbocycles. The maximum atomic E-state index is 4.53. The number of benzene rings is 1. The first kappa shape index (κ1) is 12.9. The average molecular weight is 264 g/mol. The van der Waals surface area contributed by atoms with Crippen molar-refractivity contribution in [3.05, 3.63) is 78.9 Å². The van der Waals surface area contributed by atoms with Gasteiger partial charge < -0.3 is 4.98 Å². The smallest absolute Gasteiger partial charge is 0.114 e. The summed E-state index contributed by atoms with van der Waals surface area (Å²) >= 11 is 0. The van der Waals surface area contributed by atoms with Crippen LogP contribution in [0.5, 0.6) is 0 Å². The van der Waals surface area contributed by atoms with Crippen molar-refractivity contribution in [1.82, 2.24) is 9.97 Å². The molecule has 0 saturated carbocycles. The molecule has 102 valence electrons. The lowest BCUT2D eigenvalue weighted by Crippen LogP contribution is -2.26. The number of nitrogens with zero attached hydrogens (tertiary/aromatic N) is 1. The van der Waals surface area contributed by atoms with Gasteiger partial charge in [0.05, 0.1) is 0 Å². The topological polar surface area (TPSA) is 28.7 Å². The Morgan fingerprint density at radius 2 is 2.00 bits per heavy atom. The quantitative estimate of drug-likeness (QED) is 0.804. The summed E-state index contributed by atoms with van der Waals surface area (Å²) in [5.74, 6) is 1.35. The zero-order valence-electron chi connectivity index (χ0n) is 11.7. The van der Waals surface area contributed by atoms with Crippen molar-refractivity contribution in [3.8, 4) is 0 Å². The number of allylic oxidation sites excluding steroid dienone is 2. The lowest BCUT2D eigenvalue weighted by atomic mass is 9.70. The molecule has 0 amide bonds. The SMILES string of the molecule is C=CCC1(CC=C)Cc2ccccc2C1c1ncc[nH]1. The third-order valence-corrected chi connectivity index (χ3v) is 4.42. The number of nitrogens with one attached hydrogen (secondary N) is 1. The lowest BCUT2D eigenvalue weighted by molar-refractivity contribution is 0.270. The number of aromatic amines is 1. The summed E-state index contributed by atoms with van der Waals surface area (Å²) < 4.78 is 0. The summed E-state index contributed by atoms with van der Waals surface area (Å²) in [5, 5.41) is 0. The van der Waals surface area contributed by atoms with Gasteiger partial charge in [-0.1, -0.05) is 36.4 Å². The maximum Gasteiger partial charge on any atom is 0.114 e. The van der Waals surface area contributed by atoms with Crippen molar-refractivity contribution in [3.63, 3.8) is 0 Å². The number of imidazole rings is 1. The molecule has 2 nitrogen and oxygen atoms in total. The number of rotatable bonds is 5. The summed E-state index contributed by atoms with van der Waals surface area (Å²) in [5.41, 5.74) is 2.94. The molecule has 20 heavy (non-hydrogen) atoms. The maximum absolute atomic E-state index is 4.53. The van der Waals surface area contributed by atoms with Crippen LogP contribution >= 0.6 is 0 Å². The molecule has 2 aromatic rings. The van der Waals surface area contributed by atoms with E-state index in [-0.39, 0.29) is 5.41 Å². The normalized spacial score (nSPS) is 19.5. The Labute approximate surface area is 120 Å². The summed E-state index contributed by atoms with van der Waals surface area (Å²) in [6.07, 6.45) is 10.8. The summed E-state index contributed by atoms with van der Waals surface area (Å²) in [4.78, 5) is 7.84. The van der Waals surface area contributed by atoms with E-state index in [4.69, 9.17) is 0 Å². The van der Waals surface area contributed by atoms with Crippen LogP contribution in [-0.2, 0) is 6.42 Å². The molecule has 1 atom stereocenters. The number of fused-ring (bicyclic) bond motifs is 1. The molecule has 0 bridgehead atoms. The second-order valence-electron chi connectivity index (χ2n) is 5.63. The van der Waals surface area contributed by atoms with E-state index < -0.39 is 0 Å². The predicted molar refractivity (Wildman–Crippen MR) is 82.6 cm³/mol. The fourth-order valence-electron chi connectivity index (χ4n) is 3.70. The van der Waals surface area contributed by atoms with Gasteiger partial charge in [0.15, 0.2) is 0 Å². The molecule has 0 saturated heterocycles. The molecule has 0 fully saturated rings. The van der Waals surface area contributed by atoms with Gasteiger partial charge in [-0.15, -0.1) is 13.2 Å². The van der Waals surface area contributed by atoms with Crippen molar-refractivity contribution < 1.29 is 0 Å². The molecule has 1 aliphatic rings. The van der Waals surface area contributed by atoms with Crippen LogP contribution in [0.15, 0.2) is 62.0 Å². The summed E-state index contributed by atoms with van der Waals surface area (Å²) in [6, 6.07) is 8.71. The van der Waals surface area contributed by atoms with Crippen LogP contribution in [0.1, 0.15) is 35.7 Å². The number of hydrogen-bond donors (Lipinski definition) is 1. The van der Waals surface area contributed by atoms with E-state index in [1.54, 1.807) is 0 Å². The highest BCUT2D eigenvalue weighted by Crippen LogP contribution is 2.54. The zero-order chi connectivity index (χ0) is 14.0. The summed E-state index contributed by atoms with van der Waals surface area (Å²) in [7, 11) is 0. The highest BCUT2D eigenvalue weighted by atomic mass is 14.9. The molecule has 3 rings (SSSR count).